The molecule has 0 bridgehead atoms. The predicted octanol–water partition coefficient (Wildman–Crippen LogP) is 17.2. The molecule has 0 aromatic heterocycles. The second-order valence-electron chi connectivity index (χ2n) is 20.3. The number of esters is 1. The van der Waals surface area contributed by atoms with Crippen molar-refractivity contribution >= 4 is 13.8 Å². The average Bonchev–Trinajstić information content (AvgIpc) is 3.29. The molecule has 0 amide bonds. The lowest BCUT2D eigenvalue weighted by atomic mass is 10.0. The first-order valence-electron chi connectivity index (χ1n) is 28.4. The van der Waals surface area contributed by atoms with Gasteiger partial charge in [-0.05, 0) is 51.4 Å². The van der Waals surface area contributed by atoms with Crippen molar-refractivity contribution in [2.24, 2.45) is 0 Å². The number of hydrogen-bond acceptors (Lipinski definition) is 7. The summed E-state index contributed by atoms with van der Waals surface area (Å²) in [7, 11) is 1.35. The smallest absolute Gasteiger partial charge is 0.306 e. The number of rotatable bonds is 53. The lowest BCUT2D eigenvalue weighted by Gasteiger charge is -2.28. The summed E-state index contributed by atoms with van der Waals surface area (Å²) in [5.74, 6) is -0.344. The number of hydrogen-bond donors (Lipinski definition) is 0. The SMILES string of the molecule is CC/C=C\C/C=C\C/C=C\C/C=C\CCCCCCCCC(=O)OC(COCCCCCCCCCCCCCCCCCCCCCCCCCCCC)COP(=O)([O-])OCC[N+](C)(C)C. The van der Waals surface area contributed by atoms with Gasteiger partial charge in [-0.15, -0.1) is 0 Å². The Morgan fingerprint density at radius 1 is 0.478 bits per heavy atom. The van der Waals surface area contributed by atoms with Crippen LogP contribution in [-0.4, -0.2) is 70.7 Å². The number of phosphoric acid groups is 1. The fourth-order valence-electron chi connectivity index (χ4n) is 8.07. The molecule has 2 unspecified atom stereocenters. The van der Waals surface area contributed by atoms with E-state index in [4.69, 9.17) is 18.5 Å². The molecule has 0 N–H and O–H groups in total. The largest absolute Gasteiger partial charge is 0.756 e. The molecule has 0 saturated carbocycles. The molecule has 8 nitrogen and oxygen atoms in total. The number of ether oxygens (including phenoxy) is 2. The van der Waals surface area contributed by atoms with E-state index in [-0.39, 0.29) is 25.8 Å². The highest BCUT2D eigenvalue weighted by atomic mass is 31.2. The van der Waals surface area contributed by atoms with Gasteiger partial charge in [0.15, 0.2) is 0 Å². The number of allylic oxidation sites excluding steroid dienone is 8. The Balaban J connectivity index is 4.05. The van der Waals surface area contributed by atoms with Gasteiger partial charge in [0.25, 0.3) is 7.82 Å². The number of quaternary nitrogens is 1. The molecule has 0 aromatic carbocycles. The van der Waals surface area contributed by atoms with Gasteiger partial charge >= 0.3 is 5.97 Å². The fourth-order valence-corrected chi connectivity index (χ4v) is 8.80. The maximum atomic E-state index is 12.8. The zero-order chi connectivity index (χ0) is 49.0. The van der Waals surface area contributed by atoms with Gasteiger partial charge in [0.2, 0.25) is 0 Å². The minimum Gasteiger partial charge on any atom is -0.756 e. The highest BCUT2D eigenvalue weighted by Crippen LogP contribution is 2.38. The van der Waals surface area contributed by atoms with Crippen LogP contribution >= 0.6 is 7.82 Å². The maximum absolute atomic E-state index is 12.8. The number of unbranched alkanes of at least 4 members (excludes halogenated alkanes) is 31. The molecule has 0 aliphatic heterocycles. The summed E-state index contributed by atoms with van der Waals surface area (Å²) in [6, 6.07) is 0. The van der Waals surface area contributed by atoms with Crippen molar-refractivity contribution in [1.82, 2.24) is 0 Å². The summed E-state index contributed by atoms with van der Waals surface area (Å²) in [4.78, 5) is 25.2. The molecule has 67 heavy (non-hydrogen) atoms. The van der Waals surface area contributed by atoms with Gasteiger partial charge in [0.1, 0.15) is 19.3 Å². The van der Waals surface area contributed by atoms with E-state index in [9.17, 15) is 14.3 Å². The normalized spacial score (nSPS) is 13.8. The lowest BCUT2D eigenvalue weighted by molar-refractivity contribution is -0.870. The first kappa shape index (κ1) is 65.5. The lowest BCUT2D eigenvalue weighted by Crippen LogP contribution is -2.37. The Hall–Kier alpha value is -1.54. The highest BCUT2D eigenvalue weighted by molar-refractivity contribution is 7.45. The molecule has 0 aliphatic carbocycles. The Bertz CT molecular complexity index is 1210. The third-order valence-electron chi connectivity index (χ3n) is 12.4. The number of phosphoric ester groups is 1. The molecule has 394 valence electrons. The number of carbonyl (C=O) groups excluding carboxylic acids is 1. The van der Waals surface area contributed by atoms with Crippen LogP contribution in [0.2, 0.25) is 0 Å². The van der Waals surface area contributed by atoms with Crippen LogP contribution in [0.4, 0.5) is 0 Å². The van der Waals surface area contributed by atoms with E-state index < -0.39 is 13.9 Å². The molecule has 0 aliphatic rings. The van der Waals surface area contributed by atoms with Gasteiger partial charge in [0.05, 0.1) is 34.4 Å². The van der Waals surface area contributed by atoms with E-state index in [1.807, 2.05) is 21.1 Å². The maximum Gasteiger partial charge on any atom is 0.306 e. The van der Waals surface area contributed by atoms with Crippen LogP contribution in [0.1, 0.15) is 258 Å². The molecule has 0 rings (SSSR count). The number of likely N-dealkylation sites (N-methyl/N-ethyl adjacent to an activating group) is 1. The Labute approximate surface area is 416 Å². The minimum absolute atomic E-state index is 0.0231. The third kappa shape index (κ3) is 55.3. The van der Waals surface area contributed by atoms with Gasteiger partial charge in [-0.25, -0.2) is 0 Å². The van der Waals surface area contributed by atoms with Crippen LogP contribution < -0.4 is 4.89 Å². The number of carbonyl (C=O) groups is 1. The van der Waals surface area contributed by atoms with Crippen LogP contribution in [0.15, 0.2) is 48.6 Å². The van der Waals surface area contributed by atoms with E-state index in [1.54, 1.807) is 0 Å². The Morgan fingerprint density at radius 3 is 1.30 bits per heavy atom. The average molecular weight is 964 g/mol. The van der Waals surface area contributed by atoms with E-state index in [0.717, 1.165) is 70.6 Å². The van der Waals surface area contributed by atoms with Crippen molar-refractivity contribution in [3.05, 3.63) is 48.6 Å². The molecule has 9 heteroatoms. The van der Waals surface area contributed by atoms with Crippen molar-refractivity contribution < 1.29 is 37.3 Å². The molecular weight excluding hydrogens is 854 g/mol. The molecule has 0 saturated heterocycles. The van der Waals surface area contributed by atoms with E-state index in [2.05, 4.69) is 62.5 Å². The van der Waals surface area contributed by atoms with Gasteiger partial charge < -0.3 is 27.9 Å². The van der Waals surface area contributed by atoms with Crippen molar-refractivity contribution in [1.29, 1.82) is 0 Å². The van der Waals surface area contributed by atoms with E-state index in [1.165, 1.54) is 167 Å². The van der Waals surface area contributed by atoms with Gasteiger partial charge in [0, 0.05) is 13.0 Å². The van der Waals surface area contributed by atoms with Gasteiger partial charge in [-0.3, -0.25) is 9.36 Å². The molecular formula is C58H110NO7P. The highest BCUT2D eigenvalue weighted by Gasteiger charge is 2.20. The molecule has 0 aromatic rings. The molecule has 0 heterocycles. The van der Waals surface area contributed by atoms with Crippen LogP contribution in [0.5, 0.6) is 0 Å². The van der Waals surface area contributed by atoms with Crippen LogP contribution in [0.25, 0.3) is 0 Å². The quantitative estimate of drug-likeness (QED) is 0.0197. The number of nitrogens with zero attached hydrogens (tertiary/aromatic N) is 1. The van der Waals surface area contributed by atoms with E-state index >= 15 is 0 Å². The van der Waals surface area contributed by atoms with Crippen molar-refractivity contribution in [3.63, 3.8) is 0 Å². The zero-order valence-electron chi connectivity index (χ0n) is 44.9. The predicted molar refractivity (Wildman–Crippen MR) is 286 cm³/mol. The Morgan fingerprint density at radius 2 is 0.866 bits per heavy atom. The monoisotopic (exact) mass is 964 g/mol. The van der Waals surface area contributed by atoms with Crippen LogP contribution in [0, 0.1) is 0 Å². The summed E-state index contributed by atoms with van der Waals surface area (Å²) in [6.45, 7) is 5.33. The van der Waals surface area contributed by atoms with Crippen LogP contribution in [0.3, 0.4) is 0 Å². The fraction of sp³-hybridized carbons (Fsp3) is 0.845. The summed E-state index contributed by atoms with van der Waals surface area (Å²) < 4.78 is 34.8. The second kappa shape index (κ2) is 50.8. The van der Waals surface area contributed by atoms with Crippen molar-refractivity contribution in [2.45, 2.75) is 264 Å². The summed E-state index contributed by atoms with van der Waals surface area (Å²) in [6.07, 6.45) is 64.4. The standard InChI is InChI=1S/C58H110NO7P/c1-6-8-10-12-14-16-18-20-22-24-26-27-28-29-30-31-32-34-36-38-40-42-44-46-48-50-53-63-55-57(56-65-67(61,62)64-54-52-59(3,4)5)66-58(60)51-49-47-45-43-41-39-37-35-33-25-23-21-19-17-15-13-11-9-7-2/h9,11,15,17,21,23,33,35,57H,6-8,10,12-14,16,18-20,22,24-32,34,36-56H2,1-5H3/b11-9-,17-15-,23-21-,35-33-. The topological polar surface area (TPSA) is 94.1 Å². The third-order valence-corrected chi connectivity index (χ3v) is 13.4. The molecule has 2 atom stereocenters. The van der Waals surface area contributed by atoms with Gasteiger partial charge in [-0.1, -0.05) is 249 Å². The van der Waals surface area contributed by atoms with E-state index in [0.29, 0.717) is 24.1 Å². The van der Waals surface area contributed by atoms with Crippen molar-refractivity contribution in [2.75, 3.05) is 54.1 Å². The minimum atomic E-state index is -4.54. The van der Waals surface area contributed by atoms with Gasteiger partial charge in [-0.2, -0.15) is 0 Å². The molecule has 0 fully saturated rings. The summed E-state index contributed by atoms with van der Waals surface area (Å²) >= 11 is 0. The second-order valence-corrected chi connectivity index (χ2v) is 21.7. The zero-order valence-corrected chi connectivity index (χ0v) is 45.7. The molecule has 0 radical (unpaired) electrons. The Kier molecular flexibility index (Phi) is 49.7. The summed E-state index contributed by atoms with van der Waals surface area (Å²) in [5, 5.41) is 0. The first-order chi connectivity index (χ1) is 32.6. The first-order valence-corrected chi connectivity index (χ1v) is 29.8. The van der Waals surface area contributed by atoms with Crippen LogP contribution in [-0.2, 0) is 27.9 Å². The van der Waals surface area contributed by atoms with Crippen molar-refractivity contribution in [3.8, 4) is 0 Å². The summed E-state index contributed by atoms with van der Waals surface area (Å²) in [5.41, 5.74) is 0. The molecule has 0 spiro atoms.